The second-order valence-corrected chi connectivity index (χ2v) is 6.93. The van der Waals surface area contributed by atoms with Gasteiger partial charge >= 0.3 is 5.69 Å². The quantitative estimate of drug-likeness (QED) is 0.682. The van der Waals surface area contributed by atoms with Crippen LogP contribution in [0.4, 0.5) is 0 Å². The van der Waals surface area contributed by atoms with Gasteiger partial charge in [-0.3, -0.25) is 14.2 Å². The average molecular weight is 395 g/mol. The highest BCUT2D eigenvalue weighted by Crippen LogP contribution is 2.39. The van der Waals surface area contributed by atoms with Crippen LogP contribution in [0, 0.1) is 0 Å². The van der Waals surface area contributed by atoms with Crippen LogP contribution < -0.4 is 26.0 Å². The number of nitrogens with zero attached hydrogens (tertiary/aromatic N) is 1. The molecule has 1 heterocycles. The van der Waals surface area contributed by atoms with Crippen molar-refractivity contribution in [3.05, 3.63) is 68.4 Å². The maximum Gasteiger partial charge on any atom is 0.329 e. The molecule has 1 aromatic heterocycles. The van der Waals surface area contributed by atoms with Crippen molar-refractivity contribution in [1.29, 1.82) is 0 Å². The molecule has 0 saturated carbocycles. The lowest BCUT2D eigenvalue weighted by molar-refractivity contribution is -0.122. The predicted molar refractivity (Wildman–Crippen MR) is 108 cm³/mol. The second kappa shape index (κ2) is 7.46. The molecule has 0 radical (unpaired) electrons. The summed E-state index contributed by atoms with van der Waals surface area (Å²) in [6.07, 6.45) is 1.51. The first-order chi connectivity index (χ1) is 14.0. The maximum atomic E-state index is 12.6. The Labute approximate surface area is 166 Å². The molecule has 1 aliphatic carbocycles. The summed E-state index contributed by atoms with van der Waals surface area (Å²) in [6.45, 7) is -0.349. The summed E-state index contributed by atoms with van der Waals surface area (Å²) >= 11 is 0. The Morgan fingerprint density at radius 3 is 2.66 bits per heavy atom. The largest absolute Gasteiger partial charge is 0.493 e. The minimum atomic E-state index is -0.609. The van der Waals surface area contributed by atoms with E-state index in [1.165, 1.54) is 0 Å². The average Bonchev–Trinajstić information content (AvgIpc) is 3.11. The van der Waals surface area contributed by atoms with Crippen molar-refractivity contribution in [3.63, 3.8) is 0 Å². The summed E-state index contributed by atoms with van der Waals surface area (Å²) in [7, 11) is 3.14. The number of amides is 1. The minimum absolute atomic E-state index is 0.215. The van der Waals surface area contributed by atoms with Crippen LogP contribution in [0.1, 0.15) is 23.6 Å². The fourth-order valence-electron chi connectivity index (χ4n) is 3.81. The van der Waals surface area contributed by atoms with Gasteiger partial charge in [0.1, 0.15) is 6.54 Å². The molecule has 0 bridgehead atoms. The number of hydrogen-bond donors (Lipinski definition) is 2. The van der Waals surface area contributed by atoms with Crippen LogP contribution in [0.5, 0.6) is 11.5 Å². The minimum Gasteiger partial charge on any atom is -0.493 e. The zero-order chi connectivity index (χ0) is 20.5. The van der Waals surface area contributed by atoms with E-state index in [1.54, 1.807) is 38.5 Å². The molecule has 1 aliphatic rings. The van der Waals surface area contributed by atoms with Crippen molar-refractivity contribution in [1.82, 2.24) is 14.9 Å². The van der Waals surface area contributed by atoms with Gasteiger partial charge in [-0.25, -0.2) is 4.79 Å². The summed E-state index contributed by atoms with van der Waals surface area (Å²) in [4.78, 5) is 40.1. The number of aromatic nitrogens is 2. The lowest BCUT2D eigenvalue weighted by Crippen LogP contribution is -2.41. The Morgan fingerprint density at radius 2 is 1.90 bits per heavy atom. The Balaban J connectivity index is 1.58. The summed E-state index contributed by atoms with van der Waals surface area (Å²) < 4.78 is 11.6. The molecule has 0 saturated heterocycles. The highest BCUT2D eigenvalue weighted by atomic mass is 16.5. The van der Waals surface area contributed by atoms with E-state index >= 15 is 0 Å². The van der Waals surface area contributed by atoms with Gasteiger partial charge in [0.15, 0.2) is 11.5 Å². The number of para-hydroxylation sites is 1. The van der Waals surface area contributed by atoms with Crippen LogP contribution in [0.15, 0.2) is 46.0 Å². The fraction of sp³-hybridized carbons (Fsp3) is 0.286. The number of carbonyl (C=O) groups is 1. The van der Waals surface area contributed by atoms with Crippen molar-refractivity contribution in [2.45, 2.75) is 25.4 Å². The summed E-state index contributed by atoms with van der Waals surface area (Å²) in [5.74, 6) is 0.836. The Kier molecular flexibility index (Phi) is 4.84. The molecule has 2 N–H and O–H groups in total. The Morgan fingerprint density at radius 1 is 1.17 bits per heavy atom. The molecule has 8 nitrogen and oxygen atoms in total. The molecule has 0 spiro atoms. The molecule has 0 aliphatic heterocycles. The number of H-pyrrole nitrogens is 1. The first-order valence-electron chi connectivity index (χ1n) is 9.28. The number of ether oxygens (including phenoxy) is 2. The number of hydrogen-bond acceptors (Lipinski definition) is 5. The van der Waals surface area contributed by atoms with Crippen molar-refractivity contribution in [2.75, 3.05) is 14.2 Å². The highest BCUT2D eigenvalue weighted by Gasteiger charge is 2.26. The summed E-state index contributed by atoms with van der Waals surface area (Å²) in [5, 5.41) is 3.29. The van der Waals surface area contributed by atoms with Crippen LogP contribution in [0.2, 0.25) is 0 Å². The van der Waals surface area contributed by atoms with Gasteiger partial charge in [-0.15, -0.1) is 0 Å². The number of aromatic amines is 1. The molecule has 150 valence electrons. The fourth-order valence-corrected chi connectivity index (χ4v) is 3.81. The molecule has 1 amide bonds. The van der Waals surface area contributed by atoms with E-state index in [2.05, 4.69) is 10.3 Å². The third-order valence-electron chi connectivity index (χ3n) is 5.25. The lowest BCUT2D eigenvalue weighted by atomic mass is 10.1. The van der Waals surface area contributed by atoms with Crippen LogP contribution >= 0.6 is 0 Å². The van der Waals surface area contributed by atoms with E-state index in [9.17, 15) is 14.4 Å². The molecule has 1 unspecified atom stereocenters. The molecule has 0 fully saturated rings. The number of benzene rings is 2. The summed E-state index contributed by atoms with van der Waals surface area (Å²) in [6, 6.07) is 10.3. The third kappa shape index (κ3) is 3.37. The zero-order valence-electron chi connectivity index (χ0n) is 16.2. The van der Waals surface area contributed by atoms with Crippen LogP contribution in [0.3, 0.4) is 0 Å². The molecule has 2 aromatic carbocycles. The predicted octanol–water partition coefficient (Wildman–Crippen LogP) is 1.51. The van der Waals surface area contributed by atoms with Gasteiger partial charge < -0.3 is 19.8 Å². The number of nitrogens with one attached hydrogen (secondary N) is 2. The summed E-state index contributed by atoms with van der Waals surface area (Å²) in [5.41, 5.74) is 1.38. The van der Waals surface area contributed by atoms with Gasteiger partial charge in [0.2, 0.25) is 5.91 Å². The normalized spacial score (nSPS) is 15.2. The van der Waals surface area contributed by atoms with Crippen LogP contribution in [0.25, 0.3) is 10.9 Å². The SMILES string of the molecule is COc1cc2c(cc1OC)C(NC(=O)Cn1c(=O)[nH]c3ccccc3c1=O)CC2. The number of methoxy groups -OCH3 is 2. The topological polar surface area (TPSA) is 102 Å². The molecule has 1 atom stereocenters. The zero-order valence-corrected chi connectivity index (χ0v) is 16.2. The van der Waals surface area contributed by atoms with E-state index < -0.39 is 17.2 Å². The van der Waals surface area contributed by atoms with Gasteiger partial charge in [0, 0.05) is 0 Å². The molecule has 3 aromatic rings. The monoisotopic (exact) mass is 395 g/mol. The molecular formula is C21H21N3O5. The number of fused-ring (bicyclic) bond motifs is 2. The van der Waals surface area contributed by atoms with Gasteiger partial charge in [0.25, 0.3) is 5.56 Å². The number of aryl methyl sites for hydroxylation is 1. The van der Waals surface area contributed by atoms with E-state index in [0.717, 1.165) is 28.5 Å². The standard InChI is InChI=1S/C21H21N3O5/c1-28-17-9-12-7-8-16(14(12)10-18(17)29-2)22-19(25)11-24-20(26)13-5-3-4-6-15(13)23-21(24)27/h3-6,9-10,16H,7-8,11H2,1-2H3,(H,22,25)(H,23,27). The molecule has 29 heavy (non-hydrogen) atoms. The number of carbonyl (C=O) groups excluding carboxylic acids is 1. The van der Waals surface area contributed by atoms with Gasteiger partial charge in [-0.1, -0.05) is 12.1 Å². The van der Waals surface area contributed by atoms with E-state index in [0.29, 0.717) is 22.4 Å². The van der Waals surface area contributed by atoms with Crippen molar-refractivity contribution < 1.29 is 14.3 Å². The Hall–Kier alpha value is -3.55. The molecular weight excluding hydrogens is 374 g/mol. The Bertz CT molecular complexity index is 1210. The van der Waals surface area contributed by atoms with E-state index in [-0.39, 0.29) is 12.6 Å². The van der Waals surface area contributed by atoms with Crippen LogP contribution in [-0.2, 0) is 17.8 Å². The van der Waals surface area contributed by atoms with Crippen molar-refractivity contribution in [3.8, 4) is 11.5 Å². The van der Waals surface area contributed by atoms with E-state index in [1.807, 2.05) is 12.1 Å². The second-order valence-electron chi connectivity index (χ2n) is 6.93. The van der Waals surface area contributed by atoms with Crippen molar-refractivity contribution in [2.24, 2.45) is 0 Å². The molecule has 4 rings (SSSR count). The maximum absolute atomic E-state index is 12.6. The smallest absolute Gasteiger partial charge is 0.329 e. The number of rotatable bonds is 5. The lowest BCUT2D eigenvalue weighted by Gasteiger charge is -2.16. The highest BCUT2D eigenvalue weighted by molar-refractivity contribution is 5.79. The van der Waals surface area contributed by atoms with E-state index in [4.69, 9.17) is 9.47 Å². The third-order valence-corrected chi connectivity index (χ3v) is 5.25. The first-order valence-corrected chi connectivity index (χ1v) is 9.28. The first kappa shape index (κ1) is 18.8. The van der Waals surface area contributed by atoms with Gasteiger partial charge in [-0.2, -0.15) is 0 Å². The van der Waals surface area contributed by atoms with Crippen molar-refractivity contribution >= 4 is 16.8 Å². The molecule has 8 heteroatoms. The van der Waals surface area contributed by atoms with Gasteiger partial charge in [-0.05, 0) is 48.2 Å². The van der Waals surface area contributed by atoms with Gasteiger partial charge in [0.05, 0.1) is 31.2 Å². The van der Waals surface area contributed by atoms with Crippen LogP contribution in [-0.4, -0.2) is 29.7 Å².